The van der Waals surface area contributed by atoms with Gasteiger partial charge in [-0.3, -0.25) is 10.2 Å². The number of aromatic nitrogens is 3. The van der Waals surface area contributed by atoms with Gasteiger partial charge >= 0.3 is 12.1 Å². The summed E-state index contributed by atoms with van der Waals surface area (Å²) in [6, 6.07) is 3.85. The van der Waals surface area contributed by atoms with Gasteiger partial charge in [0.1, 0.15) is 41.2 Å². The van der Waals surface area contributed by atoms with Gasteiger partial charge in [-0.25, -0.2) is 27.3 Å². The van der Waals surface area contributed by atoms with E-state index < -0.39 is 40.7 Å². The maximum Gasteiger partial charge on any atom is 0.413 e. The van der Waals surface area contributed by atoms with Crippen LogP contribution in [0.25, 0.3) is 32.2 Å². The number of anilines is 2. The van der Waals surface area contributed by atoms with E-state index in [9.17, 15) is 9.18 Å². The van der Waals surface area contributed by atoms with Crippen molar-refractivity contribution in [3.8, 4) is 17.1 Å². The molecule has 0 bridgehead atoms. The second-order valence-corrected chi connectivity index (χ2v) is 15.8. The van der Waals surface area contributed by atoms with E-state index in [1.54, 1.807) is 25.7 Å². The Bertz CT molecular complexity index is 1980. The van der Waals surface area contributed by atoms with Gasteiger partial charge < -0.3 is 19.1 Å². The Kier molecular flexibility index (Phi) is 9.01. The van der Waals surface area contributed by atoms with Crippen molar-refractivity contribution in [1.29, 1.82) is 0 Å². The molecule has 2 aromatic carbocycles. The lowest BCUT2D eigenvalue weighted by atomic mass is 9.95. The van der Waals surface area contributed by atoms with Crippen molar-refractivity contribution in [3.05, 3.63) is 34.9 Å². The number of hydrogen-bond donors (Lipinski definition) is 1. The van der Waals surface area contributed by atoms with Crippen LogP contribution in [0.2, 0.25) is 5.02 Å². The van der Waals surface area contributed by atoms with E-state index in [2.05, 4.69) is 25.2 Å². The van der Waals surface area contributed by atoms with E-state index >= 15 is 13.2 Å². The lowest BCUT2D eigenvalue weighted by Gasteiger charge is -2.31. The summed E-state index contributed by atoms with van der Waals surface area (Å²) in [5.41, 5.74) is -3.10. The second kappa shape index (κ2) is 12.9. The van der Waals surface area contributed by atoms with Gasteiger partial charge in [0, 0.05) is 36.0 Å². The SMILES string of the molecule is CC1(F)COCCN(c2nc(OC[C@@]34CCCN3C[C@H](F)C4)nc3c(F)c(-c4ccc(F)c5sc(NC(=O)OC(C)(C)C)nc45)c(Cl)cc23)C1. The molecule has 4 aromatic rings. The van der Waals surface area contributed by atoms with E-state index in [0.29, 0.717) is 13.0 Å². The summed E-state index contributed by atoms with van der Waals surface area (Å²) in [7, 11) is 0. The summed E-state index contributed by atoms with van der Waals surface area (Å²) in [6.45, 7) is 7.90. The average molecular weight is 737 g/mol. The maximum absolute atomic E-state index is 17.0. The highest BCUT2D eigenvalue weighted by Crippen LogP contribution is 2.44. The molecule has 7 rings (SSSR count). The molecular weight excluding hydrogens is 700 g/mol. The fraction of sp³-hybridized carbons (Fsp3) is 0.529. The van der Waals surface area contributed by atoms with Gasteiger partial charge in [-0.05, 0) is 65.3 Å². The number of rotatable bonds is 6. The molecule has 0 radical (unpaired) electrons. The van der Waals surface area contributed by atoms with Gasteiger partial charge in [0.25, 0.3) is 0 Å². The highest BCUT2D eigenvalue weighted by molar-refractivity contribution is 7.22. The van der Waals surface area contributed by atoms with Gasteiger partial charge in [0.15, 0.2) is 10.9 Å². The molecule has 268 valence electrons. The smallest absolute Gasteiger partial charge is 0.413 e. The maximum atomic E-state index is 17.0. The number of carbonyl (C=O) groups is 1. The molecule has 1 unspecified atom stereocenters. The topological polar surface area (TPSA) is 102 Å². The van der Waals surface area contributed by atoms with Crippen LogP contribution < -0.4 is 15.0 Å². The van der Waals surface area contributed by atoms with Crippen molar-refractivity contribution in [2.45, 2.75) is 69.9 Å². The first-order valence-corrected chi connectivity index (χ1v) is 17.6. The van der Waals surface area contributed by atoms with Crippen LogP contribution >= 0.6 is 22.9 Å². The molecule has 5 heterocycles. The zero-order valence-corrected chi connectivity index (χ0v) is 29.6. The van der Waals surface area contributed by atoms with E-state index in [4.69, 9.17) is 25.8 Å². The molecule has 1 amide bonds. The van der Waals surface area contributed by atoms with Gasteiger partial charge in [0.05, 0.1) is 40.5 Å². The van der Waals surface area contributed by atoms with Crippen molar-refractivity contribution in [3.63, 3.8) is 0 Å². The Morgan fingerprint density at radius 3 is 2.78 bits per heavy atom. The fourth-order valence-corrected chi connectivity index (χ4v) is 8.32. The number of alkyl halides is 2. The third kappa shape index (κ3) is 6.76. The minimum atomic E-state index is -1.74. The van der Waals surface area contributed by atoms with Gasteiger partial charge in [-0.15, -0.1) is 0 Å². The van der Waals surface area contributed by atoms with Crippen LogP contribution in [0.15, 0.2) is 18.2 Å². The predicted molar refractivity (Wildman–Crippen MR) is 184 cm³/mol. The van der Waals surface area contributed by atoms with Crippen LogP contribution in [0.3, 0.4) is 0 Å². The minimum absolute atomic E-state index is 0.0404. The Balaban J connectivity index is 1.34. The van der Waals surface area contributed by atoms with Crippen molar-refractivity contribution in [1.82, 2.24) is 19.9 Å². The summed E-state index contributed by atoms with van der Waals surface area (Å²) >= 11 is 7.67. The standard InChI is InChI=1S/C34H37ClF4N6O4S/c1-32(2,3)49-31(46)43-30-41-26-19(6-7-22(37)27(26)50-30)23-21(35)12-20-25(24(23)38)40-29(42-28(20)44-10-11-47-16-33(4,39)15-44)48-17-34-8-5-9-45(34)14-18(36)13-34/h6-7,12,18H,5,8-11,13-17H2,1-4H3,(H,41,43,46)/t18-,33?,34+/m1/s1. The number of nitrogens with one attached hydrogen (secondary N) is 1. The summed E-state index contributed by atoms with van der Waals surface area (Å²) in [5.74, 6) is -1.29. The van der Waals surface area contributed by atoms with E-state index in [-0.39, 0.29) is 87.1 Å². The predicted octanol–water partition coefficient (Wildman–Crippen LogP) is 7.71. The number of thiazole rings is 1. The van der Waals surface area contributed by atoms with Crippen LogP contribution in [0.5, 0.6) is 6.01 Å². The molecule has 1 N–H and O–H groups in total. The number of carbonyl (C=O) groups excluding carboxylic acids is 1. The molecule has 0 spiro atoms. The lowest BCUT2D eigenvalue weighted by molar-refractivity contribution is 0.0508. The zero-order chi connectivity index (χ0) is 35.6. The molecule has 10 nitrogen and oxygen atoms in total. The zero-order valence-electron chi connectivity index (χ0n) is 28.0. The van der Waals surface area contributed by atoms with Crippen LogP contribution in [0, 0.1) is 11.6 Å². The van der Waals surface area contributed by atoms with Gasteiger partial charge in [-0.2, -0.15) is 9.97 Å². The van der Waals surface area contributed by atoms with Crippen LogP contribution in [0.1, 0.15) is 47.0 Å². The Hall–Kier alpha value is -3.53. The second-order valence-electron chi connectivity index (χ2n) is 14.4. The summed E-state index contributed by atoms with van der Waals surface area (Å²) < 4.78 is 79.0. The van der Waals surface area contributed by atoms with Gasteiger partial charge in [0.2, 0.25) is 0 Å². The van der Waals surface area contributed by atoms with Crippen molar-refractivity contribution < 1.29 is 36.6 Å². The first-order chi connectivity index (χ1) is 23.6. The molecule has 0 aliphatic carbocycles. The van der Waals surface area contributed by atoms with Crippen molar-refractivity contribution in [2.75, 3.05) is 56.2 Å². The van der Waals surface area contributed by atoms with E-state index in [1.165, 1.54) is 25.1 Å². The molecule has 3 aliphatic heterocycles. The molecule has 2 aromatic heterocycles. The number of hydrogen-bond acceptors (Lipinski definition) is 10. The van der Waals surface area contributed by atoms with Crippen LogP contribution in [-0.4, -0.2) is 94.9 Å². The largest absolute Gasteiger partial charge is 0.461 e. The van der Waals surface area contributed by atoms with Crippen molar-refractivity contribution >= 4 is 61.1 Å². The van der Waals surface area contributed by atoms with Gasteiger partial charge in [-0.1, -0.05) is 22.9 Å². The highest BCUT2D eigenvalue weighted by Gasteiger charge is 2.49. The minimum Gasteiger partial charge on any atom is -0.461 e. The van der Waals surface area contributed by atoms with Crippen molar-refractivity contribution in [2.24, 2.45) is 0 Å². The highest BCUT2D eigenvalue weighted by atomic mass is 35.5. The van der Waals surface area contributed by atoms with E-state index in [0.717, 1.165) is 30.7 Å². The Morgan fingerprint density at radius 2 is 2.00 bits per heavy atom. The molecule has 3 aliphatic rings. The Labute approximate surface area is 295 Å². The summed E-state index contributed by atoms with van der Waals surface area (Å²) in [4.78, 5) is 29.7. The summed E-state index contributed by atoms with van der Waals surface area (Å²) in [5, 5.41) is 2.71. The summed E-state index contributed by atoms with van der Waals surface area (Å²) in [6.07, 6.45) is 0.186. The normalized spacial score (nSPS) is 24.5. The third-order valence-electron chi connectivity index (χ3n) is 9.17. The average Bonchev–Trinajstić information content (AvgIpc) is 3.66. The number of benzene rings is 2. The van der Waals surface area contributed by atoms with Crippen LogP contribution in [-0.2, 0) is 9.47 Å². The van der Waals surface area contributed by atoms with E-state index in [1.807, 2.05) is 0 Å². The first-order valence-electron chi connectivity index (χ1n) is 16.4. The lowest BCUT2D eigenvalue weighted by Crippen LogP contribution is -2.43. The monoisotopic (exact) mass is 736 g/mol. The number of amides is 1. The molecular formula is C34H37ClF4N6O4S. The molecule has 3 atom stereocenters. The molecule has 50 heavy (non-hydrogen) atoms. The number of fused-ring (bicyclic) bond motifs is 3. The third-order valence-corrected chi connectivity index (χ3v) is 10.5. The molecule has 3 saturated heterocycles. The molecule has 16 heteroatoms. The number of nitrogens with zero attached hydrogens (tertiary/aromatic N) is 5. The van der Waals surface area contributed by atoms with Crippen LogP contribution in [0.4, 0.5) is 33.3 Å². The number of ether oxygens (including phenoxy) is 3. The number of halogens is 5. The molecule has 0 saturated carbocycles. The first kappa shape index (κ1) is 34.9. The quantitative estimate of drug-likeness (QED) is 0.200. The Morgan fingerprint density at radius 1 is 1.20 bits per heavy atom. The molecule has 3 fully saturated rings. The fourth-order valence-electron chi connectivity index (χ4n) is 7.14.